The molecule has 0 radical (unpaired) electrons. The zero-order valence-electron chi connectivity index (χ0n) is 18.7. The van der Waals surface area contributed by atoms with E-state index in [4.69, 9.17) is 0 Å². The summed E-state index contributed by atoms with van der Waals surface area (Å²) < 4.78 is 0.725. The maximum absolute atomic E-state index is 13.1. The van der Waals surface area contributed by atoms with E-state index < -0.39 is 41.3 Å². The number of amides is 4. The molecule has 0 aliphatic carbocycles. The lowest BCUT2D eigenvalue weighted by atomic mass is 10.0. The third kappa shape index (κ3) is 5.28. The molecule has 14 heteroatoms. The van der Waals surface area contributed by atoms with E-state index in [1.54, 1.807) is 30.3 Å². The number of carboxylic acids is 1. The summed E-state index contributed by atoms with van der Waals surface area (Å²) in [6.45, 7) is 1.84. The Kier molecular flexibility index (Phi) is 7.62. The molecule has 4 N–H and O–H groups in total. The number of aryl methyl sites for hydroxylation is 1. The van der Waals surface area contributed by atoms with Crippen molar-refractivity contribution in [3.8, 4) is 0 Å². The van der Waals surface area contributed by atoms with Gasteiger partial charge in [-0.1, -0.05) is 53.4 Å². The largest absolute Gasteiger partial charge is 0.477 e. The van der Waals surface area contributed by atoms with Crippen LogP contribution in [0.15, 0.2) is 45.9 Å². The van der Waals surface area contributed by atoms with Crippen LogP contribution in [0.1, 0.15) is 16.6 Å². The molecule has 0 spiro atoms. The molecule has 3 heterocycles. The normalized spacial score (nSPS) is 19.9. The van der Waals surface area contributed by atoms with Gasteiger partial charge < -0.3 is 21.1 Å². The van der Waals surface area contributed by atoms with Gasteiger partial charge in [0.25, 0.3) is 5.91 Å². The first-order chi connectivity index (χ1) is 16.8. The Morgan fingerprint density at radius 1 is 1.26 bits per heavy atom. The summed E-state index contributed by atoms with van der Waals surface area (Å²) in [7, 11) is 1.43. The number of fused-ring (bicyclic) bond motifs is 1. The van der Waals surface area contributed by atoms with Crippen molar-refractivity contribution in [2.75, 3.05) is 18.6 Å². The summed E-state index contributed by atoms with van der Waals surface area (Å²) in [5.41, 5.74) is 1.10. The molecule has 2 aliphatic heterocycles. The lowest BCUT2D eigenvalue weighted by Gasteiger charge is -2.49. The van der Waals surface area contributed by atoms with Crippen molar-refractivity contribution in [2.24, 2.45) is 0 Å². The molecule has 2 aliphatic rings. The van der Waals surface area contributed by atoms with Gasteiger partial charge in [-0.3, -0.25) is 14.5 Å². The average Bonchev–Trinajstić information content (AvgIpc) is 3.28. The maximum Gasteiger partial charge on any atom is 0.352 e. The molecule has 35 heavy (non-hydrogen) atoms. The van der Waals surface area contributed by atoms with Crippen molar-refractivity contribution >= 4 is 58.7 Å². The number of urea groups is 1. The number of carboxylic acid groups (broad SMARTS) is 1. The molecule has 0 saturated carbocycles. The predicted molar refractivity (Wildman–Crippen MR) is 132 cm³/mol. The molecule has 1 fully saturated rings. The second kappa shape index (κ2) is 10.7. The molecule has 1 aromatic carbocycles. The highest BCUT2D eigenvalue weighted by Gasteiger charge is 2.54. The third-order valence-corrected chi connectivity index (χ3v) is 8.72. The monoisotopic (exact) mass is 534 g/mol. The Labute approximate surface area is 213 Å². The van der Waals surface area contributed by atoms with Gasteiger partial charge in [-0.15, -0.1) is 22.0 Å². The van der Waals surface area contributed by atoms with Gasteiger partial charge in [0.2, 0.25) is 5.91 Å². The van der Waals surface area contributed by atoms with E-state index in [9.17, 15) is 24.3 Å². The highest BCUT2D eigenvalue weighted by atomic mass is 32.2. The van der Waals surface area contributed by atoms with Crippen molar-refractivity contribution in [2.45, 2.75) is 28.7 Å². The van der Waals surface area contributed by atoms with Crippen LogP contribution in [0.2, 0.25) is 0 Å². The van der Waals surface area contributed by atoms with Crippen molar-refractivity contribution in [3.63, 3.8) is 0 Å². The van der Waals surface area contributed by atoms with Crippen molar-refractivity contribution in [1.29, 1.82) is 0 Å². The van der Waals surface area contributed by atoms with Crippen molar-refractivity contribution in [1.82, 2.24) is 31.0 Å². The van der Waals surface area contributed by atoms with Crippen LogP contribution in [0.4, 0.5) is 4.79 Å². The quantitative estimate of drug-likeness (QED) is 0.290. The molecule has 0 bridgehead atoms. The summed E-state index contributed by atoms with van der Waals surface area (Å²) in [6, 6.07) is 6.17. The summed E-state index contributed by atoms with van der Waals surface area (Å²) in [5.74, 6) is -1.50. The topological polar surface area (TPSA) is 154 Å². The molecular weight excluding hydrogens is 512 g/mol. The third-order valence-electron chi connectivity index (χ3n) is 5.32. The van der Waals surface area contributed by atoms with Crippen molar-refractivity contribution < 1.29 is 24.3 Å². The standard InChI is InChI=1S/C21H22N6O5S3/c1-10-25-26-21(35-10)34-9-12-8-33-18-14(17(29)27(18)15(12)19(30)31)23-16(28)13(24-20(32)22-2)11-6-4-3-5-7-11/h3-7,13-14,18H,8-9H2,1-2H3,(H,23,28)(H,30,31)(H2,22,24,32)/t13?,14?,18-/m0/s1. The Balaban J connectivity index is 1.48. The molecule has 1 saturated heterocycles. The van der Waals surface area contributed by atoms with E-state index in [2.05, 4.69) is 26.1 Å². The number of rotatable bonds is 8. The van der Waals surface area contributed by atoms with Gasteiger partial charge in [-0.25, -0.2) is 9.59 Å². The first-order valence-corrected chi connectivity index (χ1v) is 13.3. The number of hydrogen-bond donors (Lipinski definition) is 4. The van der Waals surface area contributed by atoms with Crippen LogP contribution in [0, 0.1) is 6.92 Å². The second-order valence-corrected chi connectivity index (χ2v) is 11.1. The van der Waals surface area contributed by atoms with E-state index in [1.807, 2.05) is 6.92 Å². The van der Waals surface area contributed by atoms with Crippen LogP contribution in [0.5, 0.6) is 0 Å². The number of thioether (sulfide) groups is 2. The number of carbonyl (C=O) groups excluding carboxylic acids is 3. The fourth-order valence-electron chi connectivity index (χ4n) is 3.67. The molecule has 4 amide bonds. The molecule has 184 valence electrons. The Bertz CT molecular complexity index is 1190. The Morgan fingerprint density at radius 2 is 2.00 bits per heavy atom. The van der Waals surface area contributed by atoms with Gasteiger partial charge in [0, 0.05) is 18.6 Å². The van der Waals surface area contributed by atoms with Crippen LogP contribution < -0.4 is 16.0 Å². The van der Waals surface area contributed by atoms with E-state index in [1.165, 1.54) is 46.8 Å². The SMILES string of the molecule is CNC(=O)NC(C(=O)NC1C(=O)N2C(C(=O)O)=C(CSc3nnc(C)s3)CS[C@@H]12)c1ccccc1. The fraction of sp³-hybridized carbons (Fsp3) is 0.333. The molecule has 1 aromatic heterocycles. The van der Waals surface area contributed by atoms with Crippen molar-refractivity contribution in [3.05, 3.63) is 52.2 Å². The smallest absolute Gasteiger partial charge is 0.352 e. The number of aromatic nitrogens is 2. The summed E-state index contributed by atoms with van der Waals surface area (Å²) >= 11 is 4.18. The second-order valence-electron chi connectivity index (χ2n) is 7.60. The lowest BCUT2D eigenvalue weighted by molar-refractivity contribution is -0.151. The van der Waals surface area contributed by atoms with E-state index >= 15 is 0 Å². The van der Waals surface area contributed by atoms with Gasteiger partial charge in [0.05, 0.1) is 0 Å². The lowest BCUT2D eigenvalue weighted by Crippen LogP contribution is -2.71. The van der Waals surface area contributed by atoms with E-state index in [0.29, 0.717) is 22.6 Å². The number of benzene rings is 1. The number of nitrogens with one attached hydrogen (secondary N) is 3. The van der Waals surface area contributed by atoms with Crippen LogP contribution in [0.3, 0.4) is 0 Å². The minimum absolute atomic E-state index is 0.0546. The molecule has 11 nitrogen and oxygen atoms in total. The molecule has 2 unspecified atom stereocenters. The predicted octanol–water partition coefficient (Wildman–Crippen LogP) is 1.35. The first-order valence-electron chi connectivity index (χ1n) is 10.5. The zero-order valence-corrected chi connectivity index (χ0v) is 21.1. The van der Waals surface area contributed by atoms with Crippen LogP contribution in [-0.4, -0.2) is 74.0 Å². The summed E-state index contributed by atoms with van der Waals surface area (Å²) in [6.07, 6.45) is 0. The van der Waals surface area contributed by atoms with Crippen LogP contribution in [-0.2, 0) is 14.4 Å². The number of nitrogens with zero attached hydrogens (tertiary/aromatic N) is 3. The van der Waals surface area contributed by atoms with E-state index in [0.717, 1.165) is 9.35 Å². The van der Waals surface area contributed by atoms with Crippen LogP contribution in [0.25, 0.3) is 0 Å². The molecule has 3 atom stereocenters. The first kappa shape index (κ1) is 25.0. The van der Waals surface area contributed by atoms with Gasteiger partial charge in [-0.05, 0) is 18.1 Å². The minimum atomic E-state index is -1.19. The molecule has 2 aromatic rings. The number of β-lactam (4-membered cyclic amide) rings is 1. The fourth-order valence-corrected chi connectivity index (χ4v) is 6.97. The summed E-state index contributed by atoms with van der Waals surface area (Å²) in [5, 5.41) is 25.8. The number of hydrogen-bond acceptors (Lipinski definition) is 9. The highest BCUT2D eigenvalue weighted by molar-refractivity contribution is 8.01. The zero-order chi connectivity index (χ0) is 25.1. The molecule has 4 rings (SSSR count). The molecular formula is C21H22N6O5S3. The number of carbonyl (C=O) groups is 4. The minimum Gasteiger partial charge on any atom is -0.477 e. The van der Waals surface area contributed by atoms with Gasteiger partial charge >= 0.3 is 12.0 Å². The highest BCUT2D eigenvalue weighted by Crippen LogP contribution is 2.42. The van der Waals surface area contributed by atoms with Crippen LogP contribution >= 0.6 is 34.9 Å². The van der Waals surface area contributed by atoms with Gasteiger partial charge in [0.1, 0.15) is 28.2 Å². The van der Waals surface area contributed by atoms with Gasteiger partial charge in [-0.2, -0.15) is 0 Å². The average molecular weight is 535 g/mol. The maximum atomic E-state index is 13.1. The number of aliphatic carboxylic acids is 1. The van der Waals surface area contributed by atoms with Gasteiger partial charge in [0.15, 0.2) is 4.34 Å². The summed E-state index contributed by atoms with van der Waals surface area (Å²) in [4.78, 5) is 51.3. The Hall–Kier alpha value is -3.10. The van der Waals surface area contributed by atoms with E-state index in [-0.39, 0.29) is 5.70 Å². The Morgan fingerprint density at radius 3 is 2.63 bits per heavy atom.